The first-order chi connectivity index (χ1) is 29.3. The lowest BCUT2D eigenvalue weighted by atomic mass is 10.00. The van der Waals surface area contributed by atoms with E-state index in [0.717, 1.165) is 76.6 Å². The van der Waals surface area contributed by atoms with Crippen LogP contribution in [0.3, 0.4) is 0 Å². The lowest BCUT2D eigenvalue weighted by Crippen LogP contribution is -2.39. The van der Waals surface area contributed by atoms with Crippen LogP contribution in [0, 0.1) is 0 Å². The Morgan fingerprint density at radius 3 is 1.67 bits per heavy atom. The molecule has 0 spiro atoms. The second kappa shape index (κ2) is 16.6. The number of hydrogen-bond donors (Lipinski definition) is 1. The zero-order chi connectivity index (χ0) is 41.2. The number of piperidine rings is 2. The van der Waals surface area contributed by atoms with Crippen molar-refractivity contribution in [1.29, 1.82) is 0 Å². The summed E-state index contributed by atoms with van der Waals surface area (Å²) in [6.07, 6.45) is 2.72. The van der Waals surface area contributed by atoms with Gasteiger partial charge in [-0.1, -0.05) is 60.7 Å². The molecule has 4 heterocycles. The average molecular weight is 798 g/mol. The van der Waals surface area contributed by atoms with Crippen molar-refractivity contribution in [2.75, 3.05) is 55.5 Å². The van der Waals surface area contributed by atoms with Gasteiger partial charge in [0.1, 0.15) is 17.2 Å². The third-order valence-electron chi connectivity index (χ3n) is 11.3. The molecule has 2 saturated heterocycles. The van der Waals surface area contributed by atoms with Gasteiger partial charge in [-0.15, -0.1) is 0 Å². The fourth-order valence-electron chi connectivity index (χ4n) is 8.05. The predicted octanol–water partition coefficient (Wildman–Crippen LogP) is 8.40. The van der Waals surface area contributed by atoms with Crippen LogP contribution in [0.4, 0.5) is 17.3 Å². The van der Waals surface area contributed by atoms with E-state index in [0.29, 0.717) is 59.4 Å². The molecule has 0 aliphatic carbocycles. The fourth-order valence-corrected chi connectivity index (χ4v) is 8.05. The lowest BCUT2D eigenvalue weighted by Gasteiger charge is -2.34. The van der Waals surface area contributed by atoms with Gasteiger partial charge in [0.15, 0.2) is 11.6 Å². The van der Waals surface area contributed by atoms with Gasteiger partial charge in [-0.05, 0) is 78.6 Å². The zero-order valence-corrected chi connectivity index (χ0v) is 33.4. The Balaban J connectivity index is 0.925. The number of carbonyl (C=O) groups is 3. The lowest BCUT2D eigenvalue weighted by molar-refractivity contribution is -0.119. The molecule has 2 aliphatic heterocycles. The number of aromatic nitrogens is 4. The van der Waals surface area contributed by atoms with Gasteiger partial charge in [0.05, 0.1) is 47.4 Å². The first kappa shape index (κ1) is 38.3. The molecule has 60 heavy (non-hydrogen) atoms. The standard InChI is InChI=1S/C48H43N7O5/c1-59-47(57)34-13-17-39-41(28-34)52-45(43(50-39)31-7-4-3-5-8-31)54-23-19-37(20-24-54)49-36-15-11-30(12-16-36)32-9-6-10-33(27-32)44-46(55-25-21-38(56)22-26-55)53-42-29-35(48(58)60-2)14-18-40(42)51-44/h3-18,27-29,37,49H,19-26H2,1-2H3. The number of hydrogen-bond acceptors (Lipinski definition) is 12. The number of benzene rings is 5. The van der Waals surface area contributed by atoms with Gasteiger partial charge >= 0.3 is 11.9 Å². The Labute approximate surface area is 347 Å². The summed E-state index contributed by atoms with van der Waals surface area (Å²) in [5.74, 6) is 0.900. The van der Waals surface area contributed by atoms with Crippen molar-refractivity contribution in [3.05, 3.63) is 126 Å². The number of fused-ring (bicyclic) bond motifs is 2. The molecule has 9 rings (SSSR count). The van der Waals surface area contributed by atoms with E-state index in [1.54, 1.807) is 30.3 Å². The van der Waals surface area contributed by atoms with Crippen molar-refractivity contribution in [3.63, 3.8) is 0 Å². The number of Topliss-reactive ketones (excluding diaryl/α,β-unsaturated/α-hetero) is 1. The second-order valence-electron chi connectivity index (χ2n) is 15.1. The highest BCUT2D eigenvalue weighted by atomic mass is 16.5. The fraction of sp³-hybridized carbons (Fsp3) is 0.229. The predicted molar refractivity (Wildman–Crippen MR) is 233 cm³/mol. The average Bonchev–Trinajstić information content (AvgIpc) is 3.31. The third kappa shape index (κ3) is 7.83. The van der Waals surface area contributed by atoms with Crippen LogP contribution >= 0.6 is 0 Å². The van der Waals surface area contributed by atoms with E-state index < -0.39 is 11.9 Å². The van der Waals surface area contributed by atoms with E-state index in [1.807, 2.05) is 36.4 Å². The van der Waals surface area contributed by atoms with Crippen LogP contribution in [0.1, 0.15) is 46.4 Å². The van der Waals surface area contributed by atoms with E-state index in [-0.39, 0.29) is 11.8 Å². The van der Waals surface area contributed by atoms with Crippen LogP contribution in [-0.2, 0) is 14.3 Å². The van der Waals surface area contributed by atoms with Crippen LogP contribution in [0.2, 0.25) is 0 Å². The van der Waals surface area contributed by atoms with Crippen LogP contribution in [-0.4, -0.2) is 84.1 Å². The van der Waals surface area contributed by atoms with E-state index in [4.69, 9.17) is 29.4 Å². The number of nitrogens with zero attached hydrogens (tertiary/aromatic N) is 6. The highest BCUT2D eigenvalue weighted by Gasteiger charge is 2.26. The first-order valence-corrected chi connectivity index (χ1v) is 20.2. The Kier molecular flexibility index (Phi) is 10.6. The molecule has 2 aromatic heterocycles. The molecule has 7 aromatic rings. The monoisotopic (exact) mass is 797 g/mol. The van der Waals surface area contributed by atoms with Crippen molar-refractivity contribution < 1.29 is 23.9 Å². The Morgan fingerprint density at radius 2 is 1.08 bits per heavy atom. The molecule has 2 fully saturated rings. The topological polar surface area (TPSA) is 140 Å². The molecule has 0 bridgehead atoms. The van der Waals surface area contributed by atoms with Crippen LogP contribution < -0.4 is 15.1 Å². The minimum Gasteiger partial charge on any atom is -0.465 e. The third-order valence-corrected chi connectivity index (χ3v) is 11.3. The zero-order valence-electron chi connectivity index (χ0n) is 33.4. The summed E-state index contributed by atoms with van der Waals surface area (Å²) in [5.41, 5.74) is 10.1. The number of carbonyl (C=O) groups excluding carboxylic acids is 3. The molecule has 12 heteroatoms. The van der Waals surface area contributed by atoms with Gasteiger partial charge in [0.25, 0.3) is 0 Å². The van der Waals surface area contributed by atoms with Gasteiger partial charge < -0.3 is 24.6 Å². The van der Waals surface area contributed by atoms with E-state index in [1.165, 1.54) is 14.2 Å². The number of ether oxygens (including phenoxy) is 2. The molecule has 0 atom stereocenters. The molecule has 1 N–H and O–H groups in total. The quantitative estimate of drug-likeness (QED) is 0.140. The van der Waals surface area contributed by atoms with Crippen molar-refractivity contribution in [3.8, 4) is 33.6 Å². The molecule has 5 aromatic carbocycles. The van der Waals surface area contributed by atoms with Gasteiger partial charge in [-0.2, -0.15) is 0 Å². The highest BCUT2D eigenvalue weighted by molar-refractivity contribution is 5.96. The van der Waals surface area contributed by atoms with E-state index in [2.05, 4.69) is 63.6 Å². The summed E-state index contributed by atoms with van der Waals surface area (Å²) in [7, 11) is 2.73. The molecule has 0 saturated carbocycles. The molecule has 0 radical (unpaired) electrons. The number of anilines is 3. The van der Waals surface area contributed by atoms with Crippen molar-refractivity contribution in [2.45, 2.75) is 31.7 Å². The van der Waals surface area contributed by atoms with Gasteiger partial charge in [-0.25, -0.2) is 29.5 Å². The number of esters is 2. The molecule has 300 valence electrons. The summed E-state index contributed by atoms with van der Waals surface area (Å²) in [6.45, 7) is 2.70. The number of nitrogens with one attached hydrogen (secondary N) is 1. The summed E-state index contributed by atoms with van der Waals surface area (Å²) in [4.78, 5) is 61.4. The molecule has 2 aliphatic rings. The van der Waals surface area contributed by atoms with Gasteiger partial charge in [0.2, 0.25) is 0 Å². The van der Waals surface area contributed by atoms with E-state index >= 15 is 0 Å². The number of ketones is 1. The maximum atomic E-state index is 12.3. The van der Waals surface area contributed by atoms with Crippen LogP contribution in [0.25, 0.3) is 55.7 Å². The number of rotatable bonds is 9. The van der Waals surface area contributed by atoms with Crippen molar-refractivity contribution in [1.82, 2.24) is 19.9 Å². The summed E-state index contributed by atoms with van der Waals surface area (Å²) in [5, 5.41) is 3.76. The summed E-state index contributed by atoms with van der Waals surface area (Å²) < 4.78 is 9.89. The van der Waals surface area contributed by atoms with Crippen molar-refractivity contribution >= 4 is 57.1 Å². The molecule has 0 unspecified atom stereocenters. The molecular weight excluding hydrogens is 755 g/mol. The van der Waals surface area contributed by atoms with E-state index in [9.17, 15) is 14.4 Å². The van der Waals surface area contributed by atoms with Gasteiger partial charge in [-0.3, -0.25) is 4.79 Å². The Hall–Kier alpha value is -7.21. The normalized spacial score (nSPS) is 14.7. The number of methoxy groups -OCH3 is 2. The Morgan fingerprint density at radius 1 is 0.550 bits per heavy atom. The first-order valence-electron chi connectivity index (χ1n) is 20.2. The summed E-state index contributed by atoms with van der Waals surface area (Å²) >= 11 is 0. The molecule has 0 amide bonds. The molecule has 12 nitrogen and oxygen atoms in total. The van der Waals surface area contributed by atoms with Crippen LogP contribution in [0.15, 0.2) is 115 Å². The Bertz CT molecular complexity index is 2740. The second-order valence-corrected chi connectivity index (χ2v) is 15.1. The highest BCUT2D eigenvalue weighted by Crippen LogP contribution is 2.35. The minimum atomic E-state index is -0.434. The van der Waals surface area contributed by atoms with Crippen molar-refractivity contribution in [2.24, 2.45) is 0 Å². The maximum Gasteiger partial charge on any atom is 0.337 e. The maximum absolute atomic E-state index is 12.3. The SMILES string of the molecule is COC(=O)c1ccc2nc(-c3cccc(-c4ccc(NC5CCN(c6nc7cc(C(=O)OC)ccc7nc6-c6ccccc6)CC5)cc4)c3)c(N3CCC(=O)CC3)nc2c1. The largest absolute Gasteiger partial charge is 0.465 e. The van der Waals surface area contributed by atoms with Gasteiger partial charge in [0, 0.05) is 61.9 Å². The van der Waals surface area contributed by atoms with Crippen LogP contribution in [0.5, 0.6) is 0 Å². The molecular formula is C48H43N7O5. The minimum absolute atomic E-state index is 0.242. The smallest absolute Gasteiger partial charge is 0.337 e. The summed E-state index contributed by atoms with van der Waals surface area (Å²) in [6, 6.07) is 37.7.